The van der Waals surface area contributed by atoms with E-state index in [1.165, 1.54) is 0 Å². The van der Waals surface area contributed by atoms with Gasteiger partial charge < -0.3 is 10.4 Å². The lowest BCUT2D eigenvalue weighted by molar-refractivity contribution is -0.139. The molecular formula is C12H14INO5S. The minimum absolute atomic E-state index is 0.163. The van der Waals surface area contributed by atoms with Crippen LogP contribution in [0.5, 0.6) is 0 Å². The Labute approximate surface area is 130 Å². The maximum absolute atomic E-state index is 12.0. The smallest absolute Gasteiger partial charge is 0.326 e. The van der Waals surface area contributed by atoms with Crippen molar-refractivity contribution in [3.63, 3.8) is 0 Å². The normalized spacial score (nSPS) is 12.7. The van der Waals surface area contributed by atoms with Crippen LogP contribution in [0.2, 0.25) is 0 Å². The van der Waals surface area contributed by atoms with E-state index in [0.29, 0.717) is 9.13 Å². The third-order valence-corrected chi connectivity index (χ3v) is 4.42. The summed E-state index contributed by atoms with van der Waals surface area (Å²) in [7, 11) is -3.28. The molecule has 1 unspecified atom stereocenters. The van der Waals surface area contributed by atoms with Gasteiger partial charge in [-0.25, -0.2) is 13.2 Å². The highest BCUT2D eigenvalue weighted by molar-refractivity contribution is 14.1. The lowest BCUT2D eigenvalue weighted by Crippen LogP contribution is -2.42. The van der Waals surface area contributed by atoms with Gasteiger partial charge in [0.15, 0.2) is 0 Å². The van der Waals surface area contributed by atoms with Crippen molar-refractivity contribution in [2.75, 3.05) is 12.0 Å². The lowest BCUT2D eigenvalue weighted by Gasteiger charge is -2.14. The first-order chi connectivity index (χ1) is 9.20. The second kappa shape index (κ2) is 7.02. The summed E-state index contributed by atoms with van der Waals surface area (Å²) < 4.78 is 22.8. The number of carbonyl (C=O) groups excluding carboxylic acids is 1. The maximum atomic E-state index is 12.0. The van der Waals surface area contributed by atoms with Gasteiger partial charge in [-0.05, 0) is 41.1 Å². The molecule has 1 amide bonds. The summed E-state index contributed by atoms with van der Waals surface area (Å²) in [6, 6.07) is 5.50. The minimum atomic E-state index is -3.28. The van der Waals surface area contributed by atoms with E-state index in [1.807, 2.05) is 22.6 Å². The van der Waals surface area contributed by atoms with Gasteiger partial charge in [0.2, 0.25) is 0 Å². The molecule has 6 nitrogen and oxygen atoms in total. The fourth-order valence-electron chi connectivity index (χ4n) is 1.47. The fourth-order valence-corrected chi connectivity index (χ4v) is 2.77. The van der Waals surface area contributed by atoms with Crippen LogP contribution < -0.4 is 5.32 Å². The highest BCUT2D eigenvalue weighted by Gasteiger charge is 2.22. The molecule has 1 aromatic rings. The van der Waals surface area contributed by atoms with E-state index in [2.05, 4.69) is 5.32 Å². The zero-order valence-electron chi connectivity index (χ0n) is 10.7. The number of carboxylic acids is 1. The Hall–Kier alpha value is -1.16. The number of amides is 1. The van der Waals surface area contributed by atoms with E-state index in [-0.39, 0.29) is 12.2 Å². The van der Waals surface area contributed by atoms with E-state index >= 15 is 0 Å². The van der Waals surface area contributed by atoms with Crippen molar-refractivity contribution in [3.05, 3.63) is 33.4 Å². The Morgan fingerprint density at radius 3 is 2.45 bits per heavy atom. The average molecular weight is 411 g/mol. The van der Waals surface area contributed by atoms with Crippen LogP contribution in [0.25, 0.3) is 0 Å². The Bertz CT molecular complexity index is 614. The zero-order chi connectivity index (χ0) is 15.3. The van der Waals surface area contributed by atoms with Crippen LogP contribution in [0.1, 0.15) is 16.8 Å². The fraction of sp³-hybridized carbons (Fsp3) is 0.333. The van der Waals surface area contributed by atoms with Crippen LogP contribution in [0.3, 0.4) is 0 Å². The highest BCUT2D eigenvalue weighted by Crippen LogP contribution is 2.11. The number of benzene rings is 1. The van der Waals surface area contributed by atoms with Gasteiger partial charge in [-0.2, -0.15) is 0 Å². The van der Waals surface area contributed by atoms with E-state index in [9.17, 15) is 18.0 Å². The van der Waals surface area contributed by atoms with Crippen LogP contribution in [-0.4, -0.2) is 43.5 Å². The number of aliphatic carboxylic acids is 1. The predicted molar refractivity (Wildman–Crippen MR) is 82.4 cm³/mol. The molecule has 0 saturated carbocycles. The standard InChI is InChI=1S/C12H14INO5S/c1-20(18,19)7-6-10(12(16)17)14-11(15)8-4-2-3-5-9(8)13/h2-5,10H,6-7H2,1H3,(H,14,15)(H,16,17). The molecular weight excluding hydrogens is 397 g/mol. The van der Waals surface area contributed by atoms with Crippen LogP contribution >= 0.6 is 22.6 Å². The second-order valence-corrected chi connectivity index (χ2v) is 7.68. The SMILES string of the molecule is CS(=O)(=O)CCC(NC(=O)c1ccccc1I)C(=O)O. The molecule has 0 aromatic heterocycles. The molecule has 20 heavy (non-hydrogen) atoms. The van der Waals surface area contributed by atoms with Gasteiger partial charge in [0.1, 0.15) is 15.9 Å². The molecule has 2 N–H and O–H groups in total. The number of hydrogen-bond donors (Lipinski definition) is 2. The van der Waals surface area contributed by atoms with Gasteiger partial charge >= 0.3 is 5.97 Å². The van der Waals surface area contributed by atoms with E-state index in [1.54, 1.807) is 24.3 Å². The predicted octanol–water partition coefficient (Wildman–Crippen LogP) is 0.909. The molecule has 0 heterocycles. The van der Waals surface area contributed by atoms with E-state index in [4.69, 9.17) is 5.11 Å². The van der Waals surface area contributed by atoms with Gasteiger partial charge in [-0.15, -0.1) is 0 Å². The Kier molecular flexibility index (Phi) is 5.93. The summed E-state index contributed by atoms with van der Waals surface area (Å²) in [6.07, 6.45) is 0.858. The number of rotatable bonds is 6. The number of sulfone groups is 1. The Morgan fingerprint density at radius 1 is 1.35 bits per heavy atom. The summed E-state index contributed by atoms with van der Waals surface area (Å²) >= 11 is 1.97. The van der Waals surface area contributed by atoms with Crippen molar-refractivity contribution in [3.8, 4) is 0 Å². The number of halogens is 1. The maximum Gasteiger partial charge on any atom is 0.326 e. The number of carbonyl (C=O) groups is 2. The van der Waals surface area contributed by atoms with Crippen molar-refractivity contribution in [1.82, 2.24) is 5.32 Å². The largest absolute Gasteiger partial charge is 0.480 e. The van der Waals surface area contributed by atoms with Crippen molar-refractivity contribution in [2.24, 2.45) is 0 Å². The van der Waals surface area contributed by atoms with Gasteiger partial charge in [-0.3, -0.25) is 4.79 Å². The third-order valence-electron chi connectivity index (χ3n) is 2.50. The first kappa shape index (κ1) is 16.9. The topological polar surface area (TPSA) is 101 Å². The van der Waals surface area contributed by atoms with E-state index in [0.717, 1.165) is 6.26 Å². The first-order valence-corrected chi connectivity index (χ1v) is 8.80. The van der Waals surface area contributed by atoms with Gasteiger partial charge in [0.25, 0.3) is 5.91 Å². The average Bonchev–Trinajstić information content (AvgIpc) is 2.33. The monoisotopic (exact) mass is 411 g/mol. The summed E-state index contributed by atoms with van der Waals surface area (Å²) in [4.78, 5) is 23.0. The van der Waals surface area contributed by atoms with Crippen molar-refractivity contribution in [2.45, 2.75) is 12.5 Å². The van der Waals surface area contributed by atoms with Crippen LogP contribution in [0, 0.1) is 3.57 Å². The number of nitrogens with one attached hydrogen (secondary N) is 1. The zero-order valence-corrected chi connectivity index (χ0v) is 13.6. The molecule has 0 aliphatic rings. The molecule has 0 fully saturated rings. The molecule has 8 heteroatoms. The Morgan fingerprint density at radius 2 is 1.95 bits per heavy atom. The van der Waals surface area contributed by atoms with Crippen molar-refractivity contribution in [1.29, 1.82) is 0 Å². The van der Waals surface area contributed by atoms with Crippen LogP contribution in [0.15, 0.2) is 24.3 Å². The molecule has 1 atom stereocenters. The molecule has 0 bridgehead atoms. The van der Waals surface area contributed by atoms with Gasteiger partial charge in [0.05, 0.1) is 11.3 Å². The molecule has 110 valence electrons. The lowest BCUT2D eigenvalue weighted by atomic mass is 10.1. The number of carboxylic acid groups (broad SMARTS) is 1. The summed E-state index contributed by atoms with van der Waals surface area (Å²) in [5, 5.41) is 11.4. The first-order valence-electron chi connectivity index (χ1n) is 5.66. The van der Waals surface area contributed by atoms with Crippen molar-refractivity contribution < 1.29 is 23.1 Å². The molecule has 0 aliphatic heterocycles. The highest BCUT2D eigenvalue weighted by atomic mass is 127. The van der Waals surface area contributed by atoms with Crippen LogP contribution in [0.4, 0.5) is 0 Å². The molecule has 0 spiro atoms. The summed E-state index contributed by atoms with van der Waals surface area (Å²) in [5.74, 6) is -2.08. The molecule has 1 rings (SSSR count). The molecule has 0 saturated heterocycles. The third kappa shape index (κ3) is 5.45. The Balaban J connectivity index is 2.79. The summed E-state index contributed by atoms with van der Waals surface area (Å²) in [6.45, 7) is 0. The number of hydrogen-bond acceptors (Lipinski definition) is 4. The van der Waals surface area contributed by atoms with Gasteiger partial charge in [0, 0.05) is 9.83 Å². The van der Waals surface area contributed by atoms with Crippen molar-refractivity contribution >= 4 is 44.3 Å². The summed E-state index contributed by atoms with van der Waals surface area (Å²) in [5.41, 5.74) is 0.360. The molecule has 1 aromatic carbocycles. The van der Waals surface area contributed by atoms with Gasteiger partial charge in [-0.1, -0.05) is 12.1 Å². The van der Waals surface area contributed by atoms with E-state index < -0.39 is 27.8 Å². The quantitative estimate of drug-likeness (QED) is 0.678. The molecule has 0 radical (unpaired) electrons. The minimum Gasteiger partial charge on any atom is -0.480 e. The van der Waals surface area contributed by atoms with Crippen LogP contribution in [-0.2, 0) is 14.6 Å². The molecule has 0 aliphatic carbocycles. The second-order valence-electron chi connectivity index (χ2n) is 4.26.